The Hall–Kier alpha value is -2.30. The first kappa shape index (κ1) is 22.9. The van der Waals surface area contributed by atoms with Crippen LogP contribution >= 0.6 is 22.9 Å². The molecule has 1 fully saturated rings. The van der Waals surface area contributed by atoms with E-state index in [-0.39, 0.29) is 17.1 Å². The van der Waals surface area contributed by atoms with E-state index in [1.165, 1.54) is 15.6 Å². The Bertz CT molecular complexity index is 1200. The summed E-state index contributed by atoms with van der Waals surface area (Å²) in [4.78, 5) is 4.78. The van der Waals surface area contributed by atoms with E-state index >= 15 is 0 Å². The fourth-order valence-corrected chi connectivity index (χ4v) is 5.89. The van der Waals surface area contributed by atoms with Crippen molar-refractivity contribution in [2.45, 2.75) is 31.0 Å². The van der Waals surface area contributed by atoms with Crippen LogP contribution in [-0.4, -0.2) is 49.2 Å². The lowest BCUT2D eigenvalue weighted by Crippen LogP contribution is -2.48. The number of thiazole rings is 1. The van der Waals surface area contributed by atoms with Crippen molar-refractivity contribution in [3.05, 3.63) is 64.5 Å². The van der Waals surface area contributed by atoms with E-state index in [9.17, 15) is 8.42 Å². The molecule has 0 saturated carbocycles. The van der Waals surface area contributed by atoms with E-state index < -0.39 is 10.0 Å². The first-order valence-corrected chi connectivity index (χ1v) is 12.8. The minimum absolute atomic E-state index is 0.141. The first-order chi connectivity index (χ1) is 15.3. The summed E-state index contributed by atoms with van der Waals surface area (Å²) in [6.45, 7) is 4.45. The van der Waals surface area contributed by atoms with Gasteiger partial charge >= 0.3 is 0 Å². The van der Waals surface area contributed by atoms with E-state index in [4.69, 9.17) is 16.3 Å². The highest BCUT2D eigenvalue weighted by Crippen LogP contribution is 2.28. The zero-order valence-corrected chi connectivity index (χ0v) is 20.0. The Kier molecular flexibility index (Phi) is 6.92. The van der Waals surface area contributed by atoms with E-state index in [0.717, 1.165) is 11.1 Å². The number of aromatic nitrogens is 1. The van der Waals surface area contributed by atoms with Crippen LogP contribution in [-0.2, 0) is 14.8 Å². The third-order valence-corrected chi connectivity index (χ3v) is 7.73. The lowest BCUT2D eigenvalue weighted by molar-refractivity contribution is -0.0440. The van der Waals surface area contributed by atoms with Gasteiger partial charge in [0, 0.05) is 29.1 Å². The molecule has 2 heterocycles. The number of nitrogens with one attached hydrogen (secondary N) is 1. The summed E-state index contributed by atoms with van der Waals surface area (Å²) in [5, 5.41) is 7.34. The number of ether oxygens (including phenoxy) is 1. The molecule has 0 aliphatic carbocycles. The van der Waals surface area contributed by atoms with Crippen LogP contribution in [0, 0.1) is 0 Å². The molecule has 1 aromatic heterocycles. The average molecular weight is 491 g/mol. The molecule has 0 unspecified atom stereocenters. The van der Waals surface area contributed by atoms with Crippen molar-refractivity contribution >= 4 is 44.3 Å². The minimum Gasteiger partial charge on any atom is -0.373 e. The zero-order chi connectivity index (χ0) is 22.7. The van der Waals surface area contributed by atoms with E-state index in [2.05, 4.69) is 15.5 Å². The van der Waals surface area contributed by atoms with Crippen LogP contribution in [0.5, 0.6) is 0 Å². The second-order valence-corrected chi connectivity index (χ2v) is 10.8. The van der Waals surface area contributed by atoms with Gasteiger partial charge in [-0.1, -0.05) is 35.9 Å². The van der Waals surface area contributed by atoms with Gasteiger partial charge in [-0.25, -0.2) is 13.4 Å². The number of sulfonamides is 1. The van der Waals surface area contributed by atoms with Crippen molar-refractivity contribution < 1.29 is 13.2 Å². The zero-order valence-electron chi connectivity index (χ0n) is 17.6. The number of hydrogen-bond acceptors (Lipinski definition) is 7. The largest absolute Gasteiger partial charge is 0.373 e. The van der Waals surface area contributed by atoms with Crippen LogP contribution in [0.4, 0.5) is 5.13 Å². The molecule has 0 spiro atoms. The SMILES string of the molecule is C[C@@H]1CN(S(=O)(=O)c2cccc(-c3csc(N/N=C\c4ccc(Cl)cc4)n3)c2)C[C@@H](C)O1. The van der Waals surface area contributed by atoms with E-state index in [1.54, 1.807) is 36.5 Å². The standard InChI is InChI=1S/C22H23ClN4O3S2/c1-15-12-27(13-16(2)30-15)32(28,29)20-5-3-4-18(10-20)21-14-31-22(25-21)26-24-11-17-6-8-19(23)9-7-17/h3-11,14-16H,12-13H2,1-2H3,(H,25,26)/b24-11-/t15-,16-/m1/s1. The highest BCUT2D eigenvalue weighted by molar-refractivity contribution is 7.89. The number of benzene rings is 2. The highest BCUT2D eigenvalue weighted by Gasteiger charge is 2.32. The average Bonchev–Trinajstić information content (AvgIpc) is 3.23. The quantitative estimate of drug-likeness (QED) is 0.399. The summed E-state index contributed by atoms with van der Waals surface area (Å²) in [7, 11) is -3.62. The predicted octanol–water partition coefficient (Wildman–Crippen LogP) is 4.71. The van der Waals surface area contributed by atoms with Gasteiger partial charge in [-0.3, -0.25) is 5.43 Å². The van der Waals surface area contributed by atoms with Crippen molar-refractivity contribution in [2.24, 2.45) is 5.10 Å². The van der Waals surface area contributed by atoms with Gasteiger partial charge in [0.15, 0.2) is 0 Å². The lowest BCUT2D eigenvalue weighted by Gasteiger charge is -2.34. The second kappa shape index (κ2) is 9.68. The highest BCUT2D eigenvalue weighted by atomic mass is 35.5. The molecular weight excluding hydrogens is 468 g/mol. The molecule has 0 bridgehead atoms. The summed E-state index contributed by atoms with van der Waals surface area (Å²) in [6, 6.07) is 14.2. The molecule has 32 heavy (non-hydrogen) atoms. The van der Waals surface area contributed by atoms with Crippen molar-refractivity contribution in [1.29, 1.82) is 0 Å². The molecule has 7 nitrogen and oxygen atoms in total. The van der Waals surface area contributed by atoms with Crippen LogP contribution in [0.1, 0.15) is 19.4 Å². The molecule has 3 aromatic rings. The van der Waals surface area contributed by atoms with Gasteiger partial charge in [-0.2, -0.15) is 9.41 Å². The Morgan fingerprint density at radius 3 is 2.62 bits per heavy atom. The molecule has 1 aliphatic heterocycles. The van der Waals surface area contributed by atoms with Crippen molar-refractivity contribution in [1.82, 2.24) is 9.29 Å². The summed E-state index contributed by atoms with van der Waals surface area (Å²) in [5.74, 6) is 0. The van der Waals surface area contributed by atoms with Crippen molar-refractivity contribution in [2.75, 3.05) is 18.5 Å². The summed E-state index contributed by atoms with van der Waals surface area (Å²) in [6.07, 6.45) is 1.39. The number of morpholine rings is 1. The molecule has 1 N–H and O–H groups in total. The van der Waals surface area contributed by atoms with Gasteiger partial charge in [0.25, 0.3) is 0 Å². The molecule has 4 rings (SSSR count). The van der Waals surface area contributed by atoms with Crippen LogP contribution in [0.25, 0.3) is 11.3 Å². The third-order valence-electron chi connectivity index (χ3n) is 4.90. The summed E-state index contributed by atoms with van der Waals surface area (Å²) >= 11 is 7.27. The summed E-state index contributed by atoms with van der Waals surface area (Å²) in [5.41, 5.74) is 5.22. The number of halogens is 1. The van der Waals surface area contributed by atoms with Gasteiger partial charge < -0.3 is 4.74 Å². The fraction of sp³-hybridized carbons (Fsp3) is 0.273. The Balaban J connectivity index is 1.49. The molecular formula is C22H23ClN4O3S2. The molecule has 10 heteroatoms. The normalized spacial score (nSPS) is 20.0. The van der Waals surface area contributed by atoms with Crippen molar-refractivity contribution in [3.8, 4) is 11.3 Å². The van der Waals surface area contributed by atoms with Crippen molar-refractivity contribution in [3.63, 3.8) is 0 Å². The second-order valence-electron chi connectivity index (χ2n) is 7.57. The van der Waals surface area contributed by atoms with Crippen LogP contribution < -0.4 is 5.43 Å². The van der Waals surface area contributed by atoms with Gasteiger partial charge in [0.1, 0.15) is 0 Å². The molecule has 0 radical (unpaired) electrons. The minimum atomic E-state index is -3.62. The molecule has 0 amide bonds. The number of nitrogens with zero attached hydrogens (tertiary/aromatic N) is 3. The van der Waals surface area contributed by atoms with Gasteiger partial charge in [-0.15, -0.1) is 11.3 Å². The number of anilines is 1. The maximum atomic E-state index is 13.2. The maximum Gasteiger partial charge on any atom is 0.243 e. The van der Waals surface area contributed by atoms with Crippen LogP contribution in [0.15, 0.2) is 63.9 Å². The monoisotopic (exact) mass is 490 g/mol. The Morgan fingerprint density at radius 2 is 1.91 bits per heavy atom. The molecule has 2 atom stereocenters. The molecule has 1 aliphatic rings. The Labute approximate surface area is 196 Å². The van der Waals surface area contributed by atoms with E-state index in [1.807, 2.05) is 37.4 Å². The van der Waals surface area contributed by atoms with Gasteiger partial charge in [-0.05, 0) is 43.7 Å². The topological polar surface area (TPSA) is 83.9 Å². The fourth-order valence-electron chi connectivity index (χ4n) is 3.46. The van der Waals surface area contributed by atoms with Crippen LogP contribution in [0.2, 0.25) is 5.02 Å². The third kappa shape index (κ3) is 5.36. The smallest absolute Gasteiger partial charge is 0.243 e. The predicted molar refractivity (Wildman–Crippen MR) is 129 cm³/mol. The first-order valence-electron chi connectivity index (χ1n) is 10.1. The lowest BCUT2D eigenvalue weighted by atomic mass is 10.2. The number of rotatable bonds is 6. The number of hydrazone groups is 1. The van der Waals surface area contributed by atoms with Gasteiger partial charge in [0.2, 0.25) is 15.2 Å². The Morgan fingerprint density at radius 1 is 1.19 bits per heavy atom. The molecule has 1 saturated heterocycles. The molecule has 2 aromatic carbocycles. The number of hydrogen-bond donors (Lipinski definition) is 1. The summed E-state index contributed by atoms with van der Waals surface area (Å²) < 4.78 is 33.5. The van der Waals surface area contributed by atoms with E-state index in [0.29, 0.717) is 28.9 Å². The van der Waals surface area contributed by atoms with Gasteiger partial charge in [0.05, 0.1) is 29.0 Å². The molecule has 168 valence electrons. The van der Waals surface area contributed by atoms with Crippen LogP contribution in [0.3, 0.4) is 0 Å². The maximum absolute atomic E-state index is 13.2.